The van der Waals surface area contributed by atoms with Gasteiger partial charge in [-0.25, -0.2) is 0 Å². The van der Waals surface area contributed by atoms with E-state index in [2.05, 4.69) is 16.8 Å². The van der Waals surface area contributed by atoms with Crippen LogP contribution in [0.25, 0.3) is 0 Å². The van der Waals surface area contributed by atoms with E-state index in [0.29, 0.717) is 18.8 Å². The molecule has 5 nitrogen and oxygen atoms in total. The molecule has 0 bridgehead atoms. The van der Waals surface area contributed by atoms with Crippen molar-refractivity contribution in [2.45, 2.75) is 6.42 Å². The van der Waals surface area contributed by atoms with Crippen LogP contribution in [0.3, 0.4) is 0 Å². The highest BCUT2D eigenvalue weighted by atomic mass is 16.2. The molecular weight excluding hydrogens is 182 g/mol. The van der Waals surface area contributed by atoms with Crippen molar-refractivity contribution >= 4 is 11.7 Å². The van der Waals surface area contributed by atoms with Gasteiger partial charge in [0.15, 0.2) is 0 Å². The van der Waals surface area contributed by atoms with Gasteiger partial charge in [-0.05, 0) is 0 Å². The standard InChI is InChI=1S/C9H11N3O2/c1-2-6-3-9(14)12(5-6)7-4-8(13)11-10-7/h2,4,6H,1,3,5H2,(H2,10,11,13). The highest BCUT2D eigenvalue weighted by Crippen LogP contribution is 2.22. The topological polar surface area (TPSA) is 69.0 Å². The zero-order chi connectivity index (χ0) is 10.1. The van der Waals surface area contributed by atoms with E-state index in [4.69, 9.17) is 0 Å². The molecule has 1 amide bonds. The van der Waals surface area contributed by atoms with Gasteiger partial charge in [0.2, 0.25) is 5.91 Å². The minimum atomic E-state index is -0.227. The number of H-pyrrole nitrogens is 2. The van der Waals surface area contributed by atoms with Crippen molar-refractivity contribution < 1.29 is 4.79 Å². The maximum absolute atomic E-state index is 11.5. The number of nitrogens with zero attached hydrogens (tertiary/aromatic N) is 1. The molecule has 14 heavy (non-hydrogen) atoms. The number of hydrogen-bond acceptors (Lipinski definition) is 2. The summed E-state index contributed by atoms with van der Waals surface area (Å²) in [7, 11) is 0. The van der Waals surface area contributed by atoms with Crippen molar-refractivity contribution in [2.24, 2.45) is 5.92 Å². The number of aromatic amines is 2. The Balaban J connectivity index is 2.24. The third-order valence-corrected chi connectivity index (χ3v) is 2.36. The van der Waals surface area contributed by atoms with Crippen molar-refractivity contribution in [3.63, 3.8) is 0 Å². The summed E-state index contributed by atoms with van der Waals surface area (Å²) in [6, 6.07) is 1.38. The van der Waals surface area contributed by atoms with Crippen LogP contribution in [0.5, 0.6) is 0 Å². The van der Waals surface area contributed by atoms with Crippen LogP contribution in [-0.4, -0.2) is 22.6 Å². The first-order chi connectivity index (χ1) is 6.70. The third kappa shape index (κ3) is 1.37. The maximum atomic E-state index is 11.5. The van der Waals surface area contributed by atoms with Gasteiger partial charge in [0.25, 0.3) is 5.56 Å². The predicted molar refractivity (Wildman–Crippen MR) is 52.1 cm³/mol. The summed E-state index contributed by atoms with van der Waals surface area (Å²) in [4.78, 5) is 23.9. The SMILES string of the molecule is C=CC1CC(=O)N(c2cc(=O)[nH][nH]2)C1. The van der Waals surface area contributed by atoms with Gasteiger partial charge >= 0.3 is 0 Å². The summed E-state index contributed by atoms with van der Waals surface area (Å²) in [6.07, 6.45) is 2.24. The molecular formula is C9H11N3O2. The first-order valence-electron chi connectivity index (χ1n) is 4.41. The van der Waals surface area contributed by atoms with Gasteiger partial charge in [0.05, 0.1) is 0 Å². The average molecular weight is 193 g/mol. The van der Waals surface area contributed by atoms with E-state index in [1.165, 1.54) is 6.07 Å². The molecule has 1 unspecified atom stereocenters. The summed E-state index contributed by atoms with van der Waals surface area (Å²) < 4.78 is 0. The molecule has 1 fully saturated rings. The van der Waals surface area contributed by atoms with Crippen LogP contribution in [0, 0.1) is 5.92 Å². The predicted octanol–water partition coefficient (Wildman–Crippen LogP) is 0.242. The van der Waals surface area contributed by atoms with Gasteiger partial charge in [-0.15, -0.1) is 6.58 Å². The molecule has 1 aromatic rings. The zero-order valence-corrected chi connectivity index (χ0v) is 7.62. The van der Waals surface area contributed by atoms with Crippen LogP contribution in [0.4, 0.5) is 5.82 Å². The summed E-state index contributed by atoms with van der Waals surface area (Å²) in [6.45, 7) is 4.25. The number of aromatic nitrogens is 2. The van der Waals surface area contributed by atoms with E-state index in [0.717, 1.165) is 0 Å². The lowest BCUT2D eigenvalue weighted by Gasteiger charge is -2.12. The number of carbonyl (C=O) groups is 1. The van der Waals surface area contributed by atoms with E-state index in [1.54, 1.807) is 11.0 Å². The van der Waals surface area contributed by atoms with Gasteiger partial charge in [0.1, 0.15) is 5.82 Å². The third-order valence-electron chi connectivity index (χ3n) is 2.36. The molecule has 1 aliphatic rings. The number of amides is 1. The van der Waals surface area contributed by atoms with Crippen molar-refractivity contribution in [1.29, 1.82) is 0 Å². The van der Waals surface area contributed by atoms with Crippen LogP contribution < -0.4 is 10.5 Å². The number of rotatable bonds is 2. The van der Waals surface area contributed by atoms with Crippen LogP contribution >= 0.6 is 0 Å². The molecule has 0 aliphatic carbocycles. The lowest BCUT2D eigenvalue weighted by atomic mass is 10.1. The Morgan fingerprint density at radius 2 is 2.29 bits per heavy atom. The second-order valence-corrected chi connectivity index (χ2v) is 3.35. The zero-order valence-electron chi connectivity index (χ0n) is 7.62. The second kappa shape index (κ2) is 3.17. The molecule has 1 aliphatic heterocycles. The Labute approximate surface area is 80.4 Å². The largest absolute Gasteiger partial charge is 0.297 e. The fourth-order valence-electron chi connectivity index (χ4n) is 1.59. The highest BCUT2D eigenvalue weighted by molar-refractivity contribution is 5.94. The van der Waals surface area contributed by atoms with Crippen molar-refractivity contribution in [1.82, 2.24) is 10.2 Å². The molecule has 2 rings (SSSR count). The van der Waals surface area contributed by atoms with E-state index >= 15 is 0 Å². The first kappa shape index (κ1) is 8.80. The van der Waals surface area contributed by atoms with Gasteiger partial charge in [-0.1, -0.05) is 6.08 Å². The monoisotopic (exact) mass is 193 g/mol. The van der Waals surface area contributed by atoms with E-state index in [9.17, 15) is 9.59 Å². The molecule has 1 atom stereocenters. The molecule has 0 spiro atoms. The Morgan fingerprint density at radius 1 is 1.50 bits per heavy atom. The van der Waals surface area contributed by atoms with Crippen LogP contribution in [0.15, 0.2) is 23.5 Å². The molecule has 5 heteroatoms. The summed E-state index contributed by atoms with van der Waals surface area (Å²) in [5.74, 6) is 0.732. The summed E-state index contributed by atoms with van der Waals surface area (Å²) in [5.41, 5.74) is -0.227. The number of anilines is 1. The van der Waals surface area contributed by atoms with Crippen molar-refractivity contribution in [3.8, 4) is 0 Å². The summed E-state index contributed by atoms with van der Waals surface area (Å²) in [5, 5.41) is 5.05. The number of hydrogen-bond donors (Lipinski definition) is 2. The quantitative estimate of drug-likeness (QED) is 0.661. The smallest absolute Gasteiger partial charge is 0.266 e. The van der Waals surface area contributed by atoms with Crippen molar-refractivity contribution in [3.05, 3.63) is 29.1 Å². The fourth-order valence-corrected chi connectivity index (χ4v) is 1.59. The van der Waals surface area contributed by atoms with E-state index in [-0.39, 0.29) is 17.4 Å². The van der Waals surface area contributed by atoms with Crippen molar-refractivity contribution in [2.75, 3.05) is 11.4 Å². The Hall–Kier alpha value is -1.78. The van der Waals surface area contributed by atoms with Gasteiger partial charge in [0, 0.05) is 24.9 Å². The van der Waals surface area contributed by atoms with E-state index in [1.807, 2.05) is 0 Å². The number of carbonyl (C=O) groups excluding carboxylic acids is 1. The van der Waals surface area contributed by atoms with Crippen LogP contribution in [-0.2, 0) is 4.79 Å². The lowest BCUT2D eigenvalue weighted by Crippen LogP contribution is -2.24. The highest BCUT2D eigenvalue weighted by Gasteiger charge is 2.29. The minimum absolute atomic E-state index is 0.0187. The fraction of sp³-hybridized carbons (Fsp3) is 0.333. The molecule has 1 aromatic heterocycles. The molecule has 74 valence electrons. The molecule has 2 heterocycles. The second-order valence-electron chi connectivity index (χ2n) is 3.35. The Kier molecular flexibility index (Phi) is 1.99. The molecule has 0 saturated carbocycles. The molecule has 0 radical (unpaired) electrons. The molecule has 0 aromatic carbocycles. The average Bonchev–Trinajstić information content (AvgIpc) is 2.71. The first-order valence-corrected chi connectivity index (χ1v) is 4.41. The Morgan fingerprint density at radius 3 is 2.79 bits per heavy atom. The maximum Gasteiger partial charge on any atom is 0.266 e. The van der Waals surface area contributed by atoms with Gasteiger partial charge < -0.3 is 0 Å². The molecule has 2 N–H and O–H groups in total. The van der Waals surface area contributed by atoms with Gasteiger partial charge in [-0.3, -0.25) is 24.7 Å². The summed E-state index contributed by atoms with van der Waals surface area (Å²) >= 11 is 0. The van der Waals surface area contributed by atoms with Crippen LogP contribution in [0.2, 0.25) is 0 Å². The number of nitrogens with one attached hydrogen (secondary N) is 2. The van der Waals surface area contributed by atoms with Crippen LogP contribution in [0.1, 0.15) is 6.42 Å². The van der Waals surface area contributed by atoms with E-state index < -0.39 is 0 Å². The molecule has 1 saturated heterocycles. The Bertz CT molecular complexity index is 418. The minimum Gasteiger partial charge on any atom is -0.297 e. The normalized spacial score (nSPS) is 21.6. The lowest BCUT2D eigenvalue weighted by molar-refractivity contribution is -0.117. The van der Waals surface area contributed by atoms with Gasteiger partial charge in [-0.2, -0.15) is 0 Å².